The third-order valence-corrected chi connectivity index (χ3v) is 4.57. The van der Waals surface area contributed by atoms with Gasteiger partial charge in [0.1, 0.15) is 5.75 Å². The van der Waals surface area contributed by atoms with Crippen molar-refractivity contribution in [2.24, 2.45) is 0 Å². The largest absolute Gasteiger partial charge is 0.495 e. The van der Waals surface area contributed by atoms with Gasteiger partial charge < -0.3 is 10.1 Å². The molecule has 1 aliphatic carbocycles. The summed E-state index contributed by atoms with van der Waals surface area (Å²) in [6.45, 7) is 3.35. The van der Waals surface area contributed by atoms with Crippen LogP contribution in [0.2, 0.25) is 5.02 Å². The summed E-state index contributed by atoms with van der Waals surface area (Å²) in [7, 11) is 1.68. The summed E-state index contributed by atoms with van der Waals surface area (Å²) in [4.78, 5) is 0. The van der Waals surface area contributed by atoms with Crippen molar-refractivity contribution in [1.82, 2.24) is 5.32 Å². The maximum atomic E-state index is 6.13. The number of ether oxygens (including phenoxy) is 1. The molecule has 1 aromatic rings. The Kier molecular flexibility index (Phi) is 6.18. The Morgan fingerprint density at radius 1 is 1.30 bits per heavy atom. The smallest absolute Gasteiger partial charge is 0.137 e. The van der Waals surface area contributed by atoms with Crippen LogP contribution in [0.1, 0.15) is 56.9 Å². The van der Waals surface area contributed by atoms with Gasteiger partial charge in [-0.25, -0.2) is 0 Å². The summed E-state index contributed by atoms with van der Waals surface area (Å²) in [6, 6.07) is 6.91. The van der Waals surface area contributed by atoms with Gasteiger partial charge in [-0.2, -0.15) is 0 Å². The summed E-state index contributed by atoms with van der Waals surface area (Å²) >= 11 is 6.13. The van der Waals surface area contributed by atoms with E-state index in [1.807, 2.05) is 6.07 Å². The fourth-order valence-electron chi connectivity index (χ4n) is 3.13. The van der Waals surface area contributed by atoms with Gasteiger partial charge in [0, 0.05) is 6.04 Å². The van der Waals surface area contributed by atoms with Crippen molar-refractivity contribution >= 4 is 11.6 Å². The Hall–Kier alpha value is -0.730. The van der Waals surface area contributed by atoms with E-state index in [4.69, 9.17) is 16.3 Å². The van der Waals surface area contributed by atoms with Crippen LogP contribution in [-0.2, 0) is 0 Å². The van der Waals surface area contributed by atoms with Gasteiger partial charge in [-0.3, -0.25) is 0 Å². The fourth-order valence-corrected chi connectivity index (χ4v) is 3.32. The Labute approximate surface area is 127 Å². The molecule has 1 saturated carbocycles. The molecule has 0 bridgehead atoms. The second kappa shape index (κ2) is 7.90. The van der Waals surface area contributed by atoms with E-state index in [2.05, 4.69) is 24.4 Å². The average Bonchev–Trinajstić information content (AvgIpc) is 2.71. The lowest BCUT2D eigenvalue weighted by molar-refractivity contribution is 0.411. The van der Waals surface area contributed by atoms with Crippen LogP contribution in [0.3, 0.4) is 0 Å². The Bertz CT molecular complexity index is 421. The average molecular weight is 296 g/mol. The van der Waals surface area contributed by atoms with E-state index in [0.29, 0.717) is 17.0 Å². The topological polar surface area (TPSA) is 21.3 Å². The molecule has 112 valence electrons. The van der Waals surface area contributed by atoms with Gasteiger partial charge in [0.05, 0.1) is 12.1 Å². The first kappa shape index (κ1) is 15.7. The van der Waals surface area contributed by atoms with Gasteiger partial charge in [-0.15, -0.1) is 0 Å². The van der Waals surface area contributed by atoms with Crippen LogP contribution in [-0.4, -0.2) is 19.7 Å². The molecule has 0 heterocycles. The maximum absolute atomic E-state index is 6.13. The highest BCUT2D eigenvalue weighted by Gasteiger charge is 2.21. The van der Waals surface area contributed by atoms with E-state index in [0.717, 1.165) is 12.3 Å². The number of halogens is 1. The van der Waals surface area contributed by atoms with E-state index in [1.165, 1.54) is 44.1 Å². The third-order valence-electron chi connectivity index (χ3n) is 4.25. The molecule has 2 atom stereocenters. The molecule has 0 aliphatic heterocycles. The highest BCUT2D eigenvalue weighted by molar-refractivity contribution is 6.32. The highest BCUT2D eigenvalue weighted by Crippen LogP contribution is 2.35. The minimum Gasteiger partial charge on any atom is -0.495 e. The van der Waals surface area contributed by atoms with Crippen molar-refractivity contribution in [2.45, 2.75) is 57.4 Å². The number of methoxy groups -OCH3 is 1. The Morgan fingerprint density at radius 2 is 2.10 bits per heavy atom. The first-order valence-corrected chi connectivity index (χ1v) is 8.19. The Morgan fingerprint density at radius 3 is 2.85 bits per heavy atom. The van der Waals surface area contributed by atoms with Crippen LogP contribution in [0.25, 0.3) is 0 Å². The molecule has 0 radical (unpaired) electrons. The molecule has 2 unspecified atom stereocenters. The van der Waals surface area contributed by atoms with Gasteiger partial charge in [0.15, 0.2) is 0 Å². The molecule has 2 nitrogen and oxygen atoms in total. The molecule has 1 aromatic carbocycles. The lowest BCUT2D eigenvalue weighted by Crippen LogP contribution is -2.30. The molecule has 1 N–H and O–H groups in total. The van der Waals surface area contributed by atoms with Gasteiger partial charge in [-0.1, -0.05) is 37.4 Å². The van der Waals surface area contributed by atoms with Crippen LogP contribution < -0.4 is 10.1 Å². The van der Waals surface area contributed by atoms with Crippen molar-refractivity contribution < 1.29 is 4.74 Å². The molecule has 1 aliphatic rings. The summed E-state index contributed by atoms with van der Waals surface area (Å²) in [6.07, 6.45) is 7.67. The van der Waals surface area contributed by atoms with E-state index < -0.39 is 0 Å². The molecule has 3 heteroatoms. The summed E-state index contributed by atoms with van der Waals surface area (Å²) in [5.74, 6) is 1.42. The minimum atomic E-state index is 0.623. The zero-order valence-electron chi connectivity index (χ0n) is 12.6. The fraction of sp³-hybridized carbons (Fsp3) is 0.647. The maximum Gasteiger partial charge on any atom is 0.137 e. The highest BCUT2D eigenvalue weighted by atomic mass is 35.5. The molecule has 0 saturated heterocycles. The monoisotopic (exact) mass is 295 g/mol. The van der Waals surface area contributed by atoms with Crippen molar-refractivity contribution in [1.29, 1.82) is 0 Å². The summed E-state index contributed by atoms with van der Waals surface area (Å²) < 4.78 is 5.35. The molecule has 1 fully saturated rings. The van der Waals surface area contributed by atoms with Crippen molar-refractivity contribution in [3.8, 4) is 5.75 Å². The van der Waals surface area contributed by atoms with Gasteiger partial charge in [-0.05, 0) is 55.8 Å². The van der Waals surface area contributed by atoms with Crippen LogP contribution in [0.15, 0.2) is 18.2 Å². The Balaban J connectivity index is 2.09. The van der Waals surface area contributed by atoms with Crippen LogP contribution in [0.5, 0.6) is 5.75 Å². The lowest BCUT2D eigenvalue weighted by Gasteiger charge is -2.22. The lowest BCUT2D eigenvalue weighted by atomic mass is 9.90. The van der Waals surface area contributed by atoms with Crippen LogP contribution in [0, 0.1) is 0 Å². The van der Waals surface area contributed by atoms with E-state index >= 15 is 0 Å². The quantitative estimate of drug-likeness (QED) is 0.791. The number of benzene rings is 1. The number of nitrogens with one attached hydrogen (secondary N) is 1. The molecular formula is C17H26ClNO. The second-order valence-electron chi connectivity index (χ2n) is 5.76. The van der Waals surface area contributed by atoms with Crippen molar-refractivity contribution in [3.05, 3.63) is 28.8 Å². The normalized spacial score (nSPS) is 23.4. The van der Waals surface area contributed by atoms with E-state index in [9.17, 15) is 0 Å². The van der Waals surface area contributed by atoms with Crippen molar-refractivity contribution in [2.75, 3.05) is 13.7 Å². The zero-order valence-corrected chi connectivity index (χ0v) is 13.4. The number of hydrogen-bond acceptors (Lipinski definition) is 2. The van der Waals surface area contributed by atoms with Gasteiger partial charge in [0.25, 0.3) is 0 Å². The third kappa shape index (κ3) is 4.13. The first-order chi connectivity index (χ1) is 9.74. The van der Waals surface area contributed by atoms with Gasteiger partial charge >= 0.3 is 0 Å². The number of rotatable bonds is 5. The molecule has 0 amide bonds. The van der Waals surface area contributed by atoms with Crippen LogP contribution in [0.4, 0.5) is 0 Å². The van der Waals surface area contributed by atoms with Crippen molar-refractivity contribution in [3.63, 3.8) is 0 Å². The van der Waals surface area contributed by atoms with E-state index in [1.54, 1.807) is 7.11 Å². The van der Waals surface area contributed by atoms with Crippen LogP contribution >= 0.6 is 11.6 Å². The molecule has 2 rings (SSSR count). The standard InChI is InChI=1S/C17H26ClNO/c1-3-10-19-15-7-5-4-6-13(11-15)14-8-9-16(18)17(12-14)20-2/h8-9,12-13,15,19H,3-7,10-11H2,1-2H3. The molecule has 0 aromatic heterocycles. The minimum absolute atomic E-state index is 0.623. The number of hydrogen-bond donors (Lipinski definition) is 1. The zero-order chi connectivity index (χ0) is 14.4. The predicted molar refractivity (Wildman–Crippen MR) is 85.9 cm³/mol. The summed E-state index contributed by atoms with van der Waals surface area (Å²) in [5, 5.41) is 4.39. The van der Waals surface area contributed by atoms with Gasteiger partial charge in [0.2, 0.25) is 0 Å². The molecule has 0 spiro atoms. The predicted octanol–water partition coefficient (Wildman–Crippen LogP) is 4.76. The second-order valence-corrected chi connectivity index (χ2v) is 6.17. The van der Waals surface area contributed by atoms with E-state index in [-0.39, 0.29) is 0 Å². The summed E-state index contributed by atoms with van der Waals surface area (Å²) in [5.41, 5.74) is 1.37. The molecule has 20 heavy (non-hydrogen) atoms. The SMILES string of the molecule is CCCNC1CCCCC(c2ccc(Cl)c(OC)c2)C1. The first-order valence-electron chi connectivity index (χ1n) is 7.81. The molecular weight excluding hydrogens is 270 g/mol.